The number of hydrazine groups is 1. The molecule has 1 saturated heterocycles. The zero-order valence-corrected chi connectivity index (χ0v) is 42.4. The SMILES string of the molecule is C#CCCC(=O)N[C@@H](C/C(N)=C/N(N)CCOCCOCCOCCOc1ccc(CCO[C@@H]2O[C@H](CO)[C@@H](O)C(O)[C@H]2O)cc1)C(=O)NCC(=O)Nc1ccc2c(c1)C(=O)OC21c2ccc(O)cc2Oc2cc(O)ccc21. The number of carbonyl (C=O) groups is 4. The minimum absolute atomic E-state index is 0.0614. The van der Waals surface area contributed by atoms with E-state index in [0.717, 1.165) is 5.56 Å². The number of carbonyl (C=O) groups excluding carboxylic acids is 4. The van der Waals surface area contributed by atoms with Gasteiger partial charge in [0.25, 0.3) is 0 Å². The number of anilines is 1. The molecule has 1 unspecified atom stereocenters. The second-order valence-electron chi connectivity index (χ2n) is 18.2. The fourth-order valence-corrected chi connectivity index (χ4v) is 8.69. The number of hydrogen-bond donors (Lipinski definition) is 11. The maximum absolute atomic E-state index is 13.5. The second kappa shape index (κ2) is 27.7. The smallest absolute Gasteiger partial charge is 0.340 e. The lowest BCUT2D eigenvalue weighted by molar-refractivity contribution is -0.300. The maximum Gasteiger partial charge on any atom is 0.340 e. The first kappa shape index (κ1) is 58.1. The van der Waals surface area contributed by atoms with Gasteiger partial charge in [-0.3, -0.25) is 14.4 Å². The maximum atomic E-state index is 13.5. The number of nitrogens with one attached hydrogen (secondary N) is 3. The van der Waals surface area contributed by atoms with Crippen molar-refractivity contribution in [3.8, 4) is 41.1 Å². The third-order valence-electron chi connectivity index (χ3n) is 12.6. The summed E-state index contributed by atoms with van der Waals surface area (Å²) in [6, 6.07) is 19.5. The van der Waals surface area contributed by atoms with E-state index in [4.69, 9.17) is 55.9 Å². The summed E-state index contributed by atoms with van der Waals surface area (Å²) in [5.74, 6) is 6.75. The number of esters is 1. The Bertz CT molecular complexity index is 2740. The number of benzene rings is 4. The van der Waals surface area contributed by atoms with Crippen LogP contribution in [0.4, 0.5) is 5.69 Å². The summed E-state index contributed by atoms with van der Waals surface area (Å²) in [5, 5.41) is 68.7. The van der Waals surface area contributed by atoms with E-state index >= 15 is 0 Å². The summed E-state index contributed by atoms with van der Waals surface area (Å²) in [6.45, 7) is 1.36. The lowest BCUT2D eigenvalue weighted by Gasteiger charge is -2.39. The number of phenolic OH excluding ortho intramolecular Hbond substituents is 2. The van der Waals surface area contributed by atoms with Gasteiger partial charge in [0.05, 0.1) is 71.5 Å². The van der Waals surface area contributed by atoms with Gasteiger partial charge < -0.3 is 95.2 Å². The molecule has 3 aliphatic heterocycles. The van der Waals surface area contributed by atoms with E-state index in [-0.39, 0.29) is 85.6 Å². The first-order valence-corrected chi connectivity index (χ1v) is 25.0. The number of amides is 3. The fraction of sp³-hybridized carbons (Fsp3) is 0.407. The van der Waals surface area contributed by atoms with Crippen molar-refractivity contribution < 1.29 is 87.7 Å². The number of phenols is 2. The van der Waals surface area contributed by atoms with Crippen LogP contribution < -0.4 is 37.0 Å². The molecule has 78 heavy (non-hydrogen) atoms. The van der Waals surface area contributed by atoms with E-state index in [1.54, 1.807) is 36.4 Å². The van der Waals surface area contributed by atoms with Crippen LogP contribution in [0.1, 0.15) is 51.9 Å². The van der Waals surface area contributed by atoms with Gasteiger partial charge in [-0.1, -0.05) is 18.2 Å². The molecule has 24 nitrogen and oxygen atoms in total. The lowest BCUT2D eigenvalue weighted by atomic mass is 9.77. The van der Waals surface area contributed by atoms with Crippen molar-refractivity contribution in [1.29, 1.82) is 0 Å². The Balaban J connectivity index is 0.777. The van der Waals surface area contributed by atoms with Crippen LogP contribution in [0.2, 0.25) is 0 Å². The number of nitrogens with two attached hydrogens (primary N) is 2. The van der Waals surface area contributed by atoms with E-state index in [0.29, 0.717) is 61.9 Å². The van der Waals surface area contributed by atoms with Crippen molar-refractivity contribution in [2.75, 3.05) is 77.9 Å². The molecule has 24 heteroatoms. The molecule has 0 aromatic heterocycles. The van der Waals surface area contributed by atoms with Gasteiger partial charge in [0, 0.05) is 65.7 Å². The van der Waals surface area contributed by atoms with E-state index < -0.39 is 79.2 Å². The van der Waals surface area contributed by atoms with Crippen LogP contribution in [0.25, 0.3) is 0 Å². The molecular formula is C54H64N6O18. The number of nitrogens with zero attached hydrogens (tertiary/aromatic N) is 1. The zero-order valence-electron chi connectivity index (χ0n) is 42.4. The van der Waals surface area contributed by atoms with Gasteiger partial charge >= 0.3 is 5.97 Å². The van der Waals surface area contributed by atoms with Crippen molar-refractivity contribution in [3.63, 3.8) is 0 Å². The van der Waals surface area contributed by atoms with Gasteiger partial charge in [-0.2, -0.15) is 0 Å². The molecule has 1 fully saturated rings. The molecule has 4 aromatic carbocycles. The molecule has 0 aliphatic carbocycles. The topological polar surface area (TPSA) is 355 Å². The van der Waals surface area contributed by atoms with Crippen molar-refractivity contribution >= 4 is 29.4 Å². The number of hydrogen-bond acceptors (Lipinski definition) is 21. The third kappa shape index (κ3) is 14.9. The highest BCUT2D eigenvalue weighted by atomic mass is 16.7. The molecule has 0 bridgehead atoms. The minimum Gasteiger partial charge on any atom is -0.508 e. The standard InChI is InChI=1S/C54H64N6O18/c1-2-3-4-46(64)59-42(51(69)57-29-47(65)58-34-7-12-39-38(26-34)52(70)78-54(39)40-13-8-35(62)27-43(40)76-44-28-36(63)9-14-41(44)54)25-33(55)30-60(56)16-18-71-19-20-72-21-22-73-23-24-74-37-10-5-32(6-11-37)15-17-75-53-50(68)49(67)48(66)45(31-61)77-53/h1,5-14,26-28,30,42,45,48-50,53,61-63,66-68H,3-4,15-25,29,31,55-56H2,(H,57,69)(H,58,65)(H,59,64)/b33-30-/t42-,45+,48+,49?,50+,53+/m0/s1. The van der Waals surface area contributed by atoms with Gasteiger partial charge in [-0.25, -0.2) is 10.6 Å². The molecule has 7 rings (SSSR count). The van der Waals surface area contributed by atoms with Crippen molar-refractivity contribution in [2.45, 2.75) is 68.0 Å². The zero-order chi connectivity index (χ0) is 55.8. The molecule has 3 heterocycles. The van der Waals surface area contributed by atoms with E-state index in [2.05, 4.69) is 21.9 Å². The summed E-state index contributed by atoms with van der Waals surface area (Å²) in [7, 11) is 0. The molecule has 6 atom stereocenters. The summed E-state index contributed by atoms with van der Waals surface area (Å²) in [6.07, 6.45) is 0.433. The molecular weight excluding hydrogens is 1020 g/mol. The first-order chi connectivity index (χ1) is 37.6. The van der Waals surface area contributed by atoms with Gasteiger partial charge in [-0.15, -0.1) is 12.3 Å². The Morgan fingerprint density at radius 2 is 1.45 bits per heavy atom. The molecule has 0 radical (unpaired) electrons. The van der Waals surface area contributed by atoms with Gasteiger partial charge in [0.1, 0.15) is 65.8 Å². The van der Waals surface area contributed by atoms with Crippen LogP contribution in [0.3, 0.4) is 0 Å². The van der Waals surface area contributed by atoms with Crippen LogP contribution in [-0.4, -0.2) is 169 Å². The minimum atomic E-state index is -1.50. The molecule has 1 spiro atoms. The highest BCUT2D eigenvalue weighted by molar-refractivity contribution is 6.01. The van der Waals surface area contributed by atoms with E-state index in [1.165, 1.54) is 41.5 Å². The number of rotatable bonds is 28. The predicted octanol–water partition coefficient (Wildman–Crippen LogP) is 0.472. The molecule has 3 amide bonds. The number of aliphatic hydroxyl groups excluding tert-OH is 4. The summed E-state index contributed by atoms with van der Waals surface area (Å²) >= 11 is 0. The first-order valence-electron chi connectivity index (χ1n) is 25.0. The van der Waals surface area contributed by atoms with Crippen molar-refractivity contribution in [3.05, 3.63) is 119 Å². The number of ether oxygens (including phenoxy) is 8. The van der Waals surface area contributed by atoms with Crippen LogP contribution >= 0.6 is 0 Å². The Morgan fingerprint density at radius 1 is 0.808 bits per heavy atom. The van der Waals surface area contributed by atoms with Crippen LogP contribution in [0.15, 0.2) is 90.8 Å². The molecule has 3 aliphatic rings. The van der Waals surface area contributed by atoms with Gasteiger partial charge in [-0.05, 0) is 60.5 Å². The average molecular weight is 1090 g/mol. The third-order valence-corrected chi connectivity index (χ3v) is 12.6. The summed E-state index contributed by atoms with van der Waals surface area (Å²) in [5.41, 5.74) is 7.44. The molecule has 418 valence electrons. The molecule has 4 aromatic rings. The van der Waals surface area contributed by atoms with Crippen LogP contribution in [0.5, 0.6) is 28.7 Å². The number of fused-ring (bicyclic) bond motifs is 6. The van der Waals surface area contributed by atoms with E-state index in [9.17, 15) is 49.8 Å². The lowest BCUT2D eigenvalue weighted by Crippen LogP contribution is -2.59. The number of aliphatic hydroxyl groups is 4. The normalized spacial score (nSPS) is 19.3. The Hall–Kier alpha value is -7.54. The van der Waals surface area contributed by atoms with Crippen LogP contribution in [0, 0.1) is 12.3 Å². The monoisotopic (exact) mass is 1080 g/mol. The molecule has 13 N–H and O–H groups in total. The second-order valence-corrected chi connectivity index (χ2v) is 18.2. The molecule has 0 saturated carbocycles. The van der Waals surface area contributed by atoms with Crippen molar-refractivity contribution in [1.82, 2.24) is 15.6 Å². The summed E-state index contributed by atoms with van der Waals surface area (Å²) < 4.78 is 45.4. The summed E-state index contributed by atoms with van der Waals surface area (Å²) in [4.78, 5) is 52.8. The highest BCUT2D eigenvalue weighted by Crippen LogP contribution is 2.57. The fourth-order valence-electron chi connectivity index (χ4n) is 8.69. The number of terminal acetylenes is 1. The van der Waals surface area contributed by atoms with Crippen LogP contribution in [-0.2, 0) is 54.8 Å². The Labute approximate surface area is 448 Å². The Kier molecular flexibility index (Phi) is 20.6. The highest BCUT2D eigenvalue weighted by Gasteiger charge is 2.54. The van der Waals surface area contributed by atoms with Crippen molar-refractivity contribution in [2.24, 2.45) is 11.6 Å². The average Bonchev–Trinajstić information content (AvgIpc) is 3.76. The Morgan fingerprint density at radius 3 is 2.10 bits per heavy atom. The van der Waals surface area contributed by atoms with Gasteiger partial charge in [0.15, 0.2) is 11.9 Å². The quantitative estimate of drug-likeness (QED) is 0.0121. The predicted molar refractivity (Wildman–Crippen MR) is 275 cm³/mol. The number of aromatic hydroxyl groups is 2. The van der Waals surface area contributed by atoms with Gasteiger partial charge in [0.2, 0.25) is 17.7 Å². The largest absolute Gasteiger partial charge is 0.508 e. The van der Waals surface area contributed by atoms with E-state index in [1.807, 2.05) is 12.1 Å².